The lowest BCUT2D eigenvalue weighted by Gasteiger charge is -2.17. The van der Waals surface area contributed by atoms with E-state index in [0.717, 1.165) is 37.2 Å². The van der Waals surface area contributed by atoms with E-state index in [1.807, 2.05) is 0 Å². The van der Waals surface area contributed by atoms with Crippen molar-refractivity contribution < 1.29 is 0 Å². The fraction of sp³-hybridized carbons (Fsp3) is 1.00. The van der Waals surface area contributed by atoms with Gasteiger partial charge in [-0.05, 0) is 37.8 Å². The van der Waals surface area contributed by atoms with Gasteiger partial charge in [-0.1, -0.05) is 33.6 Å². The molecule has 86 valence electrons. The predicted octanol–water partition coefficient (Wildman–Crippen LogP) is 3.67. The Labute approximate surface area is 94.6 Å². The third kappa shape index (κ3) is 7.64. The van der Waals surface area contributed by atoms with Crippen molar-refractivity contribution in [1.82, 2.24) is 5.32 Å². The molecule has 14 heavy (non-hydrogen) atoms. The van der Waals surface area contributed by atoms with E-state index >= 15 is 0 Å². The van der Waals surface area contributed by atoms with E-state index in [0.29, 0.717) is 0 Å². The van der Waals surface area contributed by atoms with Gasteiger partial charge in [0.2, 0.25) is 0 Å². The predicted molar refractivity (Wildman–Crippen MR) is 66.1 cm³/mol. The van der Waals surface area contributed by atoms with Crippen LogP contribution in [0.15, 0.2) is 0 Å². The zero-order valence-electron chi connectivity index (χ0n) is 9.98. The van der Waals surface area contributed by atoms with Gasteiger partial charge < -0.3 is 5.32 Å². The molecule has 0 aliphatic carbocycles. The van der Waals surface area contributed by atoms with Gasteiger partial charge in [0.1, 0.15) is 0 Å². The SMILES string of the molecule is CCCC(CCCl)CNCC(C)CC. The second-order valence-electron chi connectivity index (χ2n) is 4.30. The fourth-order valence-electron chi connectivity index (χ4n) is 1.59. The molecule has 0 bridgehead atoms. The number of rotatable bonds is 9. The Morgan fingerprint density at radius 1 is 1.14 bits per heavy atom. The maximum atomic E-state index is 5.77. The molecule has 0 aromatic rings. The summed E-state index contributed by atoms with van der Waals surface area (Å²) in [7, 11) is 0. The van der Waals surface area contributed by atoms with Gasteiger partial charge in [0, 0.05) is 5.88 Å². The lowest BCUT2D eigenvalue weighted by Crippen LogP contribution is -2.27. The average Bonchev–Trinajstić information content (AvgIpc) is 2.18. The van der Waals surface area contributed by atoms with Crippen LogP contribution in [0.3, 0.4) is 0 Å². The number of alkyl halides is 1. The summed E-state index contributed by atoms with van der Waals surface area (Å²) in [6.07, 6.45) is 5.00. The molecule has 0 aliphatic heterocycles. The topological polar surface area (TPSA) is 12.0 Å². The van der Waals surface area contributed by atoms with Crippen LogP contribution in [-0.4, -0.2) is 19.0 Å². The molecule has 1 nitrogen and oxygen atoms in total. The van der Waals surface area contributed by atoms with Crippen LogP contribution < -0.4 is 5.32 Å². The maximum Gasteiger partial charge on any atom is 0.0226 e. The van der Waals surface area contributed by atoms with Crippen molar-refractivity contribution in [3.8, 4) is 0 Å². The van der Waals surface area contributed by atoms with Crippen molar-refractivity contribution >= 4 is 11.6 Å². The highest BCUT2D eigenvalue weighted by Gasteiger charge is 2.07. The Kier molecular flexibility index (Phi) is 9.97. The zero-order valence-corrected chi connectivity index (χ0v) is 10.7. The second kappa shape index (κ2) is 9.79. The third-order valence-electron chi connectivity index (χ3n) is 2.84. The van der Waals surface area contributed by atoms with Crippen LogP contribution in [0.5, 0.6) is 0 Å². The number of halogens is 1. The van der Waals surface area contributed by atoms with E-state index in [-0.39, 0.29) is 0 Å². The molecular weight excluding hydrogens is 194 g/mol. The molecule has 0 radical (unpaired) electrons. The quantitative estimate of drug-likeness (QED) is 0.584. The van der Waals surface area contributed by atoms with Crippen molar-refractivity contribution in [2.75, 3.05) is 19.0 Å². The van der Waals surface area contributed by atoms with Crippen molar-refractivity contribution in [2.45, 2.75) is 46.5 Å². The number of hydrogen-bond donors (Lipinski definition) is 1. The summed E-state index contributed by atoms with van der Waals surface area (Å²) in [4.78, 5) is 0. The minimum Gasteiger partial charge on any atom is -0.316 e. The normalized spacial score (nSPS) is 15.4. The first kappa shape index (κ1) is 14.2. The van der Waals surface area contributed by atoms with Crippen LogP contribution in [0.4, 0.5) is 0 Å². The van der Waals surface area contributed by atoms with Crippen LogP contribution in [0.1, 0.15) is 46.5 Å². The van der Waals surface area contributed by atoms with E-state index in [4.69, 9.17) is 11.6 Å². The van der Waals surface area contributed by atoms with Gasteiger partial charge in [-0.2, -0.15) is 0 Å². The Morgan fingerprint density at radius 2 is 1.86 bits per heavy atom. The molecule has 0 rings (SSSR count). The van der Waals surface area contributed by atoms with E-state index < -0.39 is 0 Å². The summed E-state index contributed by atoms with van der Waals surface area (Å²) in [5, 5.41) is 3.55. The number of nitrogens with one attached hydrogen (secondary N) is 1. The Morgan fingerprint density at radius 3 is 2.36 bits per heavy atom. The average molecular weight is 220 g/mol. The minimum absolute atomic E-state index is 0.779. The van der Waals surface area contributed by atoms with Crippen molar-refractivity contribution in [3.63, 3.8) is 0 Å². The lowest BCUT2D eigenvalue weighted by molar-refractivity contribution is 0.404. The van der Waals surface area contributed by atoms with Gasteiger partial charge in [0.05, 0.1) is 0 Å². The maximum absolute atomic E-state index is 5.77. The van der Waals surface area contributed by atoms with Crippen LogP contribution in [-0.2, 0) is 0 Å². The summed E-state index contributed by atoms with van der Waals surface area (Å²) in [6.45, 7) is 9.08. The Balaban J connectivity index is 3.49. The molecule has 2 heteroatoms. The van der Waals surface area contributed by atoms with Crippen LogP contribution in [0.25, 0.3) is 0 Å². The van der Waals surface area contributed by atoms with Crippen molar-refractivity contribution in [2.24, 2.45) is 11.8 Å². The molecule has 2 unspecified atom stereocenters. The van der Waals surface area contributed by atoms with Crippen LogP contribution >= 0.6 is 11.6 Å². The van der Waals surface area contributed by atoms with Gasteiger partial charge in [-0.3, -0.25) is 0 Å². The first-order valence-corrected chi connectivity index (χ1v) is 6.54. The number of hydrogen-bond acceptors (Lipinski definition) is 1. The molecular formula is C12H26ClN. The summed E-state index contributed by atoms with van der Waals surface area (Å²) in [5.74, 6) is 2.38. The highest BCUT2D eigenvalue weighted by atomic mass is 35.5. The van der Waals surface area contributed by atoms with Crippen molar-refractivity contribution in [3.05, 3.63) is 0 Å². The summed E-state index contributed by atoms with van der Waals surface area (Å²) in [5.41, 5.74) is 0. The van der Waals surface area contributed by atoms with Crippen LogP contribution in [0.2, 0.25) is 0 Å². The highest BCUT2D eigenvalue weighted by Crippen LogP contribution is 2.11. The lowest BCUT2D eigenvalue weighted by atomic mass is 10.0. The monoisotopic (exact) mass is 219 g/mol. The largest absolute Gasteiger partial charge is 0.316 e. The van der Waals surface area contributed by atoms with E-state index in [1.165, 1.54) is 19.3 Å². The zero-order chi connectivity index (χ0) is 10.8. The van der Waals surface area contributed by atoms with Gasteiger partial charge in [0.15, 0.2) is 0 Å². The molecule has 0 saturated carbocycles. The van der Waals surface area contributed by atoms with E-state index in [2.05, 4.69) is 26.1 Å². The summed E-state index contributed by atoms with van der Waals surface area (Å²) < 4.78 is 0. The van der Waals surface area contributed by atoms with E-state index in [1.54, 1.807) is 0 Å². The van der Waals surface area contributed by atoms with Gasteiger partial charge >= 0.3 is 0 Å². The molecule has 0 fully saturated rings. The fourth-order valence-corrected chi connectivity index (χ4v) is 1.90. The first-order chi connectivity index (χ1) is 6.74. The second-order valence-corrected chi connectivity index (χ2v) is 4.68. The molecule has 0 heterocycles. The van der Waals surface area contributed by atoms with Crippen molar-refractivity contribution in [1.29, 1.82) is 0 Å². The third-order valence-corrected chi connectivity index (χ3v) is 3.06. The summed E-state index contributed by atoms with van der Waals surface area (Å²) in [6, 6.07) is 0. The highest BCUT2D eigenvalue weighted by molar-refractivity contribution is 6.17. The van der Waals surface area contributed by atoms with Gasteiger partial charge in [-0.25, -0.2) is 0 Å². The molecule has 0 aromatic carbocycles. The van der Waals surface area contributed by atoms with Gasteiger partial charge in [-0.15, -0.1) is 11.6 Å². The Bertz CT molecular complexity index is 111. The smallest absolute Gasteiger partial charge is 0.0226 e. The summed E-state index contributed by atoms with van der Waals surface area (Å²) >= 11 is 5.77. The molecule has 0 aliphatic rings. The van der Waals surface area contributed by atoms with E-state index in [9.17, 15) is 0 Å². The van der Waals surface area contributed by atoms with Crippen LogP contribution in [0, 0.1) is 11.8 Å². The molecule has 1 N–H and O–H groups in total. The molecule has 0 aromatic heterocycles. The minimum atomic E-state index is 0.779. The van der Waals surface area contributed by atoms with Gasteiger partial charge in [0.25, 0.3) is 0 Å². The standard InChI is InChI=1S/C12H26ClN/c1-4-6-12(7-8-13)10-14-9-11(3)5-2/h11-12,14H,4-10H2,1-3H3. The first-order valence-electron chi connectivity index (χ1n) is 6.01. The molecule has 0 saturated heterocycles. The Hall–Kier alpha value is 0.250. The molecule has 2 atom stereocenters. The molecule has 0 amide bonds. The molecule has 0 spiro atoms.